The van der Waals surface area contributed by atoms with Gasteiger partial charge in [0.2, 0.25) is 0 Å². The van der Waals surface area contributed by atoms with E-state index in [2.05, 4.69) is 0 Å². The number of aliphatic carboxylic acids is 1. The smallest absolute Gasteiger partial charge is 0.341 e. The maximum atomic E-state index is 12.7. The van der Waals surface area contributed by atoms with E-state index >= 15 is 0 Å². The van der Waals surface area contributed by atoms with Gasteiger partial charge in [0.15, 0.2) is 12.4 Å². The standard InChI is InChI=1S/C19H12Cl3NO5S/c20-12-3-1-2-10(4-12)8-23-18(26)15(29-19(23)27)7-11-5-13(21)17(14(22)6-11)28-9-16(24)25/h1-7H,8-9H2,(H,24,25)/b15-7-. The molecule has 0 aromatic heterocycles. The number of imide groups is 1. The summed E-state index contributed by atoms with van der Waals surface area (Å²) >= 11 is 19.0. The number of halogens is 3. The fourth-order valence-corrected chi connectivity index (χ4v) is 4.20. The van der Waals surface area contributed by atoms with Gasteiger partial charge in [-0.15, -0.1) is 0 Å². The molecule has 0 spiro atoms. The van der Waals surface area contributed by atoms with E-state index in [0.29, 0.717) is 10.6 Å². The Labute approximate surface area is 185 Å². The summed E-state index contributed by atoms with van der Waals surface area (Å²) in [5, 5.41) is 8.98. The largest absolute Gasteiger partial charge is 0.479 e. The number of nitrogens with zero attached hydrogens (tertiary/aromatic N) is 1. The number of thioether (sulfide) groups is 1. The van der Waals surface area contributed by atoms with E-state index in [4.69, 9.17) is 44.6 Å². The molecule has 0 atom stereocenters. The zero-order valence-electron chi connectivity index (χ0n) is 14.5. The minimum Gasteiger partial charge on any atom is -0.479 e. The Balaban J connectivity index is 1.81. The molecule has 0 unspecified atom stereocenters. The predicted molar refractivity (Wildman–Crippen MR) is 113 cm³/mol. The number of carboxylic acid groups (broad SMARTS) is 1. The molecule has 150 valence electrons. The van der Waals surface area contributed by atoms with Crippen LogP contribution in [0, 0.1) is 0 Å². The number of ether oxygens (including phenoxy) is 1. The first-order valence-electron chi connectivity index (χ1n) is 8.08. The van der Waals surface area contributed by atoms with Crippen molar-refractivity contribution in [2.24, 2.45) is 0 Å². The van der Waals surface area contributed by atoms with Crippen LogP contribution in [0.1, 0.15) is 11.1 Å². The molecule has 2 aromatic carbocycles. The molecule has 0 aliphatic carbocycles. The second kappa shape index (κ2) is 9.09. The second-order valence-electron chi connectivity index (χ2n) is 5.89. The number of amides is 2. The normalized spacial score (nSPS) is 15.3. The van der Waals surface area contributed by atoms with Crippen molar-refractivity contribution in [1.29, 1.82) is 0 Å². The summed E-state index contributed by atoms with van der Waals surface area (Å²) in [6.07, 6.45) is 1.49. The lowest BCUT2D eigenvalue weighted by Crippen LogP contribution is -2.27. The summed E-state index contributed by atoms with van der Waals surface area (Å²) in [4.78, 5) is 36.9. The summed E-state index contributed by atoms with van der Waals surface area (Å²) < 4.78 is 5.06. The summed E-state index contributed by atoms with van der Waals surface area (Å²) in [6, 6.07) is 9.84. The minimum atomic E-state index is -1.17. The van der Waals surface area contributed by atoms with Gasteiger partial charge in [-0.1, -0.05) is 46.9 Å². The maximum absolute atomic E-state index is 12.7. The van der Waals surface area contributed by atoms with Gasteiger partial charge in [-0.2, -0.15) is 0 Å². The van der Waals surface area contributed by atoms with Crippen molar-refractivity contribution in [2.75, 3.05) is 6.61 Å². The highest BCUT2D eigenvalue weighted by Crippen LogP contribution is 2.37. The Morgan fingerprint density at radius 1 is 1.14 bits per heavy atom. The first kappa shape index (κ1) is 21.5. The fourth-order valence-electron chi connectivity index (χ4n) is 2.54. The maximum Gasteiger partial charge on any atom is 0.341 e. The number of benzene rings is 2. The van der Waals surface area contributed by atoms with Crippen LogP contribution in [0.4, 0.5) is 4.79 Å². The minimum absolute atomic E-state index is 0.0296. The highest BCUT2D eigenvalue weighted by atomic mass is 35.5. The van der Waals surface area contributed by atoms with E-state index in [0.717, 1.165) is 22.2 Å². The lowest BCUT2D eigenvalue weighted by Gasteiger charge is -2.12. The van der Waals surface area contributed by atoms with Crippen LogP contribution in [-0.4, -0.2) is 33.7 Å². The van der Waals surface area contributed by atoms with Crippen molar-refractivity contribution >= 4 is 69.8 Å². The third kappa shape index (κ3) is 5.25. The monoisotopic (exact) mass is 471 g/mol. The lowest BCUT2D eigenvalue weighted by molar-refractivity contribution is -0.139. The van der Waals surface area contributed by atoms with Gasteiger partial charge >= 0.3 is 5.97 Å². The molecule has 2 amide bonds. The Bertz CT molecular complexity index is 1020. The fraction of sp³-hybridized carbons (Fsp3) is 0.105. The van der Waals surface area contributed by atoms with Gasteiger partial charge in [-0.3, -0.25) is 14.5 Å². The molecule has 29 heavy (non-hydrogen) atoms. The van der Waals surface area contributed by atoms with Gasteiger partial charge in [0.05, 0.1) is 21.5 Å². The number of carbonyl (C=O) groups is 3. The molecule has 10 heteroatoms. The highest BCUT2D eigenvalue weighted by molar-refractivity contribution is 8.18. The zero-order valence-corrected chi connectivity index (χ0v) is 17.6. The van der Waals surface area contributed by atoms with Gasteiger partial charge < -0.3 is 9.84 Å². The molecule has 1 heterocycles. The van der Waals surface area contributed by atoms with Crippen molar-refractivity contribution < 1.29 is 24.2 Å². The van der Waals surface area contributed by atoms with Gasteiger partial charge in [0.25, 0.3) is 11.1 Å². The SMILES string of the molecule is O=C(O)COc1c(Cl)cc(/C=C2\SC(=O)N(Cc3cccc(Cl)c3)C2=O)cc1Cl. The molecule has 6 nitrogen and oxygen atoms in total. The lowest BCUT2D eigenvalue weighted by atomic mass is 10.2. The van der Waals surface area contributed by atoms with Gasteiger partial charge in [0, 0.05) is 5.02 Å². The van der Waals surface area contributed by atoms with Crippen LogP contribution in [0.5, 0.6) is 5.75 Å². The summed E-state index contributed by atoms with van der Waals surface area (Å²) in [5.41, 5.74) is 1.20. The van der Waals surface area contributed by atoms with E-state index < -0.39 is 23.7 Å². The van der Waals surface area contributed by atoms with Crippen LogP contribution in [0.15, 0.2) is 41.3 Å². The second-order valence-corrected chi connectivity index (χ2v) is 8.14. The van der Waals surface area contributed by atoms with Crippen LogP contribution in [-0.2, 0) is 16.1 Å². The van der Waals surface area contributed by atoms with Gasteiger partial charge in [-0.05, 0) is 53.2 Å². The predicted octanol–water partition coefficient (Wildman–Crippen LogP) is 5.35. The quantitative estimate of drug-likeness (QED) is 0.571. The average Bonchev–Trinajstić information content (AvgIpc) is 2.88. The number of hydrogen-bond donors (Lipinski definition) is 1. The van der Waals surface area contributed by atoms with Gasteiger partial charge in [0.1, 0.15) is 0 Å². The average molecular weight is 473 g/mol. The molecule has 1 N–H and O–H groups in total. The van der Waals surface area contributed by atoms with E-state index in [1.54, 1.807) is 24.3 Å². The van der Waals surface area contributed by atoms with E-state index in [9.17, 15) is 14.4 Å². The first-order chi connectivity index (χ1) is 13.7. The number of rotatable bonds is 6. The topological polar surface area (TPSA) is 83.9 Å². The third-order valence-corrected chi connectivity index (χ3v) is 5.47. The number of carboxylic acids is 1. The van der Waals surface area contributed by atoms with E-state index in [-0.39, 0.29) is 27.2 Å². The molecule has 1 saturated heterocycles. The van der Waals surface area contributed by atoms with Crippen molar-refractivity contribution in [1.82, 2.24) is 4.90 Å². The molecular formula is C19H12Cl3NO5S. The van der Waals surface area contributed by atoms with Crippen molar-refractivity contribution in [3.05, 3.63) is 67.5 Å². The Morgan fingerprint density at radius 2 is 1.83 bits per heavy atom. The van der Waals surface area contributed by atoms with Crippen LogP contribution >= 0.6 is 46.6 Å². The Hall–Kier alpha value is -2.19. The summed E-state index contributed by atoms with van der Waals surface area (Å²) in [6.45, 7) is -0.493. The highest BCUT2D eigenvalue weighted by Gasteiger charge is 2.35. The van der Waals surface area contributed by atoms with Crippen molar-refractivity contribution in [3.63, 3.8) is 0 Å². The number of carbonyl (C=O) groups excluding carboxylic acids is 2. The van der Waals surface area contributed by atoms with Crippen LogP contribution in [0.25, 0.3) is 6.08 Å². The zero-order chi connectivity index (χ0) is 21.1. The summed E-state index contributed by atoms with van der Waals surface area (Å²) in [7, 11) is 0. The van der Waals surface area contributed by atoms with Crippen molar-refractivity contribution in [2.45, 2.75) is 6.54 Å². The molecule has 0 saturated carbocycles. The van der Waals surface area contributed by atoms with E-state index in [1.165, 1.54) is 18.2 Å². The molecule has 1 aliphatic heterocycles. The molecule has 0 bridgehead atoms. The van der Waals surface area contributed by atoms with Crippen LogP contribution in [0.3, 0.4) is 0 Å². The number of hydrogen-bond acceptors (Lipinski definition) is 5. The third-order valence-electron chi connectivity index (χ3n) is 3.76. The molecule has 3 rings (SSSR count). The molecule has 0 radical (unpaired) electrons. The van der Waals surface area contributed by atoms with Crippen LogP contribution in [0.2, 0.25) is 15.1 Å². The molecular weight excluding hydrogens is 461 g/mol. The van der Waals surface area contributed by atoms with Crippen molar-refractivity contribution in [3.8, 4) is 5.75 Å². The van der Waals surface area contributed by atoms with Crippen LogP contribution < -0.4 is 4.74 Å². The van der Waals surface area contributed by atoms with Gasteiger partial charge in [-0.25, -0.2) is 4.79 Å². The van der Waals surface area contributed by atoms with E-state index in [1.807, 2.05) is 0 Å². The Kier molecular flexibility index (Phi) is 6.74. The molecule has 2 aromatic rings. The first-order valence-corrected chi connectivity index (χ1v) is 10.0. The molecule has 1 aliphatic rings. The Morgan fingerprint density at radius 3 is 2.45 bits per heavy atom. The molecule has 1 fully saturated rings. The summed E-state index contributed by atoms with van der Waals surface area (Å²) in [5.74, 6) is -1.59.